The van der Waals surface area contributed by atoms with Gasteiger partial charge in [-0.05, 0) is 32.0 Å². The summed E-state index contributed by atoms with van der Waals surface area (Å²) in [7, 11) is 0. The number of ketones is 1. The Morgan fingerprint density at radius 2 is 2.11 bits per heavy atom. The van der Waals surface area contributed by atoms with Crippen LogP contribution in [-0.2, 0) is 4.79 Å². The minimum absolute atomic E-state index is 0.0733. The largest absolute Gasteiger partial charge is 0.375 e. The topological polar surface area (TPSA) is 82.0 Å². The number of benzene rings is 1. The van der Waals surface area contributed by atoms with Gasteiger partial charge in [0.1, 0.15) is 6.07 Å². The Morgan fingerprint density at radius 1 is 1.39 bits per heavy atom. The van der Waals surface area contributed by atoms with E-state index in [1.54, 1.807) is 18.2 Å². The Hall–Kier alpha value is -2.35. The predicted octanol–water partition coefficient (Wildman–Crippen LogP) is 1.31. The van der Waals surface area contributed by atoms with Crippen LogP contribution in [-0.4, -0.2) is 24.8 Å². The van der Waals surface area contributed by atoms with Crippen LogP contribution in [0.15, 0.2) is 18.2 Å². The molecule has 0 saturated carbocycles. The number of hydrogen-bond acceptors (Lipinski definition) is 4. The minimum atomic E-state index is -0.158. The van der Waals surface area contributed by atoms with Gasteiger partial charge in [0.25, 0.3) is 0 Å². The third-order valence-electron chi connectivity index (χ3n) is 2.36. The van der Waals surface area contributed by atoms with Crippen LogP contribution >= 0.6 is 0 Å². The zero-order valence-corrected chi connectivity index (χ0v) is 10.4. The van der Waals surface area contributed by atoms with Crippen molar-refractivity contribution in [3.05, 3.63) is 29.3 Å². The molecule has 0 saturated heterocycles. The average Bonchev–Trinajstić information content (AvgIpc) is 2.36. The van der Waals surface area contributed by atoms with E-state index >= 15 is 0 Å². The van der Waals surface area contributed by atoms with Gasteiger partial charge in [-0.25, -0.2) is 0 Å². The standard InChI is InChI=1S/C13H15N3O2/c1-3-15-13(18)8-16-12-6-10(9(2)17)4-5-11(12)7-14/h4-6,16H,3,8H2,1-2H3,(H,15,18). The van der Waals surface area contributed by atoms with Crippen LogP contribution in [0.1, 0.15) is 29.8 Å². The van der Waals surface area contributed by atoms with Crippen LogP contribution in [0.5, 0.6) is 0 Å². The Labute approximate surface area is 106 Å². The summed E-state index contributed by atoms with van der Waals surface area (Å²) in [5.74, 6) is -0.241. The zero-order valence-electron chi connectivity index (χ0n) is 10.4. The molecule has 0 fully saturated rings. The summed E-state index contributed by atoms with van der Waals surface area (Å²) in [6, 6.07) is 6.76. The highest BCUT2D eigenvalue weighted by molar-refractivity contribution is 5.95. The molecule has 0 unspecified atom stereocenters. The van der Waals surface area contributed by atoms with Crippen molar-refractivity contribution in [3.63, 3.8) is 0 Å². The second-order valence-electron chi connectivity index (χ2n) is 3.74. The van der Waals surface area contributed by atoms with Crippen LogP contribution in [0.4, 0.5) is 5.69 Å². The summed E-state index contributed by atoms with van der Waals surface area (Å²) < 4.78 is 0. The molecule has 18 heavy (non-hydrogen) atoms. The van der Waals surface area contributed by atoms with E-state index in [0.29, 0.717) is 23.4 Å². The number of carbonyl (C=O) groups is 2. The molecule has 1 amide bonds. The lowest BCUT2D eigenvalue weighted by Crippen LogP contribution is -2.29. The van der Waals surface area contributed by atoms with Crippen molar-refractivity contribution in [2.75, 3.05) is 18.4 Å². The molecule has 0 aromatic heterocycles. The quantitative estimate of drug-likeness (QED) is 0.766. The molecule has 5 nitrogen and oxygen atoms in total. The van der Waals surface area contributed by atoms with E-state index in [1.807, 2.05) is 13.0 Å². The third-order valence-corrected chi connectivity index (χ3v) is 2.36. The number of nitriles is 1. The number of rotatable bonds is 5. The van der Waals surface area contributed by atoms with E-state index in [-0.39, 0.29) is 18.2 Å². The maximum absolute atomic E-state index is 11.3. The lowest BCUT2D eigenvalue weighted by molar-refractivity contribution is -0.119. The van der Waals surface area contributed by atoms with Gasteiger partial charge in [-0.1, -0.05) is 0 Å². The zero-order chi connectivity index (χ0) is 13.5. The summed E-state index contributed by atoms with van der Waals surface area (Å²) in [4.78, 5) is 22.6. The van der Waals surface area contributed by atoms with Crippen molar-refractivity contribution >= 4 is 17.4 Å². The third kappa shape index (κ3) is 3.59. The van der Waals surface area contributed by atoms with E-state index < -0.39 is 0 Å². The second-order valence-corrected chi connectivity index (χ2v) is 3.74. The normalized spacial score (nSPS) is 9.39. The van der Waals surface area contributed by atoms with Crippen molar-refractivity contribution in [1.29, 1.82) is 5.26 Å². The molecule has 1 rings (SSSR count). The lowest BCUT2D eigenvalue weighted by Gasteiger charge is -2.09. The highest BCUT2D eigenvalue weighted by Crippen LogP contribution is 2.17. The molecule has 0 heterocycles. The summed E-state index contributed by atoms with van der Waals surface area (Å²) in [5, 5.41) is 14.4. The van der Waals surface area contributed by atoms with Crippen LogP contribution in [0.2, 0.25) is 0 Å². The lowest BCUT2D eigenvalue weighted by atomic mass is 10.1. The van der Waals surface area contributed by atoms with E-state index in [9.17, 15) is 9.59 Å². The minimum Gasteiger partial charge on any atom is -0.375 e. The monoisotopic (exact) mass is 245 g/mol. The number of amides is 1. The molecule has 0 aliphatic heterocycles. The molecule has 0 aliphatic rings. The molecule has 0 radical (unpaired) electrons. The number of anilines is 1. The van der Waals surface area contributed by atoms with E-state index in [2.05, 4.69) is 10.6 Å². The van der Waals surface area contributed by atoms with Gasteiger partial charge in [-0.2, -0.15) is 5.26 Å². The van der Waals surface area contributed by atoms with Gasteiger partial charge in [0.15, 0.2) is 5.78 Å². The molecule has 1 aromatic carbocycles. The number of Topliss-reactive ketones (excluding diaryl/α,β-unsaturated/α-hetero) is 1. The molecule has 5 heteroatoms. The number of nitrogens with one attached hydrogen (secondary N) is 2. The molecular formula is C13H15N3O2. The van der Waals surface area contributed by atoms with Crippen molar-refractivity contribution < 1.29 is 9.59 Å². The highest BCUT2D eigenvalue weighted by atomic mass is 16.1. The molecule has 94 valence electrons. The molecule has 0 spiro atoms. The number of likely N-dealkylation sites (N-methyl/N-ethyl adjacent to an activating group) is 1. The van der Waals surface area contributed by atoms with Crippen LogP contribution in [0.25, 0.3) is 0 Å². The molecule has 0 atom stereocenters. The van der Waals surface area contributed by atoms with Gasteiger partial charge in [-0.15, -0.1) is 0 Å². The summed E-state index contributed by atoms with van der Waals surface area (Å²) in [6.07, 6.45) is 0. The smallest absolute Gasteiger partial charge is 0.239 e. The van der Waals surface area contributed by atoms with Gasteiger partial charge >= 0.3 is 0 Å². The van der Waals surface area contributed by atoms with Crippen molar-refractivity contribution in [2.24, 2.45) is 0 Å². The molecule has 1 aromatic rings. The Kier molecular flexibility index (Phi) is 4.88. The molecular weight excluding hydrogens is 230 g/mol. The van der Waals surface area contributed by atoms with E-state index in [4.69, 9.17) is 5.26 Å². The first-order valence-corrected chi connectivity index (χ1v) is 5.64. The maximum Gasteiger partial charge on any atom is 0.239 e. The summed E-state index contributed by atoms with van der Waals surface area (Å²) in [6.45, 7) is 3.91. The fourth-order valence-electron chi connectivity index (χ4n) is 1.44. The van der Waals surface area contributed by atoms with Crippen molar-refractivity contribution in [2.45, 2.75) is 13.8 Å². The number of nitrogens with zero attached hydrogens (tertiary/aromatic N) is 1. The second kappa shape index (κ2) is 6.40. The Morgan fingerprint density at radius 3 is 2.67 bits per heavy atom. The summed E-state index contributed by atoms with van der Waals surface area (Å²) in [5.41, 5.74) is 1.41. The van der Waals surface area contributed by atoms with Crippen molar-refractivity contribution in [1.82, 2.24) is 5.32 Å². The molecule has 0 bridgehead atoms. The van der Waals surface area contributed by atoms with Crippen LogP contribution < -0.4 is 10.6 Å². The molecule has 2 N–H and O–H groups in total. The first kappa shape index (κ1) is 13.7. The van der Waals surface area contributed by atoms with Crippen LogP contribution in [0, 0.1) is 11.3 Å². The van der Waals surface area contributed by atoms with Gasteiger partial charge in [0, 0.05) is 12.1 Å². The fraction of sp³-hybridized carbons (Fsp3) is 0.308. The maximum atomic E-state index is 11.3. The molecule has 0 aliphatic carbocycles. The van der Waals surface area contributed by atoms with Gasteiger partial charge in [-0.3, -0.25) is 9.59 Å². The highest BCUT2D eigenvalue weighted by Gasteiger charge is 2.07. The van der Waals surface area contributed by atoms with E-state index in [1.165, 1.54) is 6.92 Å². The van der Waals surface area contributed by atoms with Crippen molar-refractivity contribution in [3.8, 4) is 6.07 Å². The van der Waals surface area contributed by atoms with Crippen LogP contribution in [0.3, 0.4) is 0 Å². The van der Waals surface area contributed by atoms with Gasteiger partial charge in [0.05, 0.1) is 17.8 Å². The van der Waals surface area contributed by atoms with E-state index in [0.717, 1.165) is 0 Å². The number of hydrogen-bond donors (Lipinski definition) is 2. The van der Waals surface area contributed by atoms with Gasteiger partial charge < -0.3 is 10.6 Å². The Balaban J connectivity index is 2.86. The fourth-order valence-corrected chi connectivity index (χ4v) is 1.44. The summed E-state index contributed by atoms with van der Waals surface area (Å²) >= 11 is 0. The number of carbonyl (C=O) groups excluding carboxylic acids is 2. The first-order valence-electron chi connectivity index (χ1n) is 5.64. The van der Waals surface area contributed by atoms with Gasteiger partial charge in [0.2, 0.25) is 5.91 Å². The SMILES string of the molecule is CCNC(=O)CNc1cc(C(C)=O)ccc1C#N. The first-order chi connectivity index (χ1) is 8.58. The predicted molar refractivity (Wildman–Crippen MR) is 68.3 cm³/mol. The Bertz CT molecular complexity index is 503. The average molecular weight is 245 g/mol.